The minimum Gasteiger partial charge on any atom is -0.290 e. The van der Waals surface area contributed by atoms with Gasteiger partial charge in [-0.25, -0.2) is 0 Å². The van der Waals surface area contributed by atoms with Crippen molar-refractivity contribution in [2.75, 3.05) is 0 Å². The lowest BCUT2D eigenvalue weighted by molar-refractivity contribution is -0.113. The van der Waals surface area contributed by atoms with Crippen LogP contribution in [-0.2, 0) is 9.59 Å². The second-order valence-electron chi connectivity index (χ2n) is 4.59. The molecule has 2 nitrogen and oxygen atoms in total. The van der Waals surface area contributed by atoms with Crippen LogP contribution in [0.4, 0.5) is 0 Å². The van der Waals surface area contributed by atoms with Crippen LogP contribution in [0.1, 0.15) is 65.2 Å². The minimum absolute atomic E-state index is 0.121. The highest BCUT2D eigenvalue weighted by Crippen LogP contribution is 2.07. The van der Waals surface area contributed by atoms with Crippen LogP contribution in [0, 0.1) is 0 Å². The maximum absolute atomic E-state index is 10.3. The summed E-state index contributed by atoms with van der Waals surface area (Å²) >= 11 is 0. The van der Waals surface area contributed by atoms with E-state index in [1.54, 1.807) is 0 Å². The molecule has 0 bridgehead atoms. The third-order valence-corrected chi connectivity index (χ3v) is 2.78. The number of hydrogen-bond acceptors (Lipinski definition) is 2. The van der Waals surface area contributed by atoms with Crippen molar-refractivity contribution >= 4 is 11.6 Å². The Morgan fingerprint density at radius 1 is 0.611 bits per heavy atom. The largest absolute Gasteiger partial charge is 0.290 e. The SMILES string of the molecule is CCCCCCCCCC.O=C1C=CC(=O)C=C1. The molecule has 18 heavy (non-hydrogen) atoms. The fourth-order valence-electron chi connectivity index (χ4n) is 1.65. The van der Waals surface area contributed by atoms with Crippen molar-refractivity contribution in [1.82, 2.24) is 0 Å². The van der Waals surface area contributed by atoms with E-state index >= 15 is 0 Å². The van der Waals surface area contributed by atoms with E-state index in [1.165, 1.54) is 75.7 Å². The number of unbranched alkanes of at least 4 members (excludes halogenated alkanes) is 7. The van der Waals surface area contributed by atoms with Gasteiger partial charge in [-0.2, -0.15) is 0 Å². The monoisotopic (exact) mass is 250 g/mol. The molecular weight excluding hydrogens is 224 g/mol. The highest BCUT2D eigenvalue weighted by atomic mass is 16.1. The van der Waals surface area contributed by atoms with Gasteiger partial charge in [-0.3, -0.25) is 9.59 Å². The molecule has 1 aliphatic carbocycles. The van der Waals surface area contributed by atoms with Crippen LogP contribution in [0.25, 0.3) is 0 Å². The van der Waals surface area contributed by atoms with Crippen LogP contribution in [0.5, 0.6) is 0 Å². The van der Waals surface area contributed by atoms with Crippen molar-refractivity contribution in [2.24, 2.45) is 0 Å². The lowest BCUT2D eigenvalue weighted by Crippen LogP contribution is -1.97. The number of rotatable bonds is 7. The Labute approximate surface area is 111 Å². The predicted octanol–water partition coefficient (Wildman–Crippen LogP) is 4.40. The molecule has 0 aromatic heterocycles. The lowest BCUT2D eigenvalue weighted by atomic mass is 10.1. The summed E-state index contributed by atoms with van der Waals surface area (Å²) in [5.74, 6) is -0.241. The average molecular weight is 250 g/mol. The molecule has 0 aromatic carbocycles. The van der Waals surface area contributed by atoms with Gasteiger partial charge in [0.05, 0.1) is 0 Å². The first-order valence-corrected chi connectivity index (χ1v) is 7.14. The van der Waals surface area contributed by atoms with E-state index in [0.29, 0.717) is 0 Å². The van der Waals surface area contributed by atoms with Gasteiger partial charge < -0.3 is 0 Å². The number of carbonyl (C=O) groups excluding carboxylic acids is 2. The predicted molar refractivity (Wildman–Crippen MR) is 76.6 cm³/mol. The number of ketones is 2. The molecule has 0 radical (unpaired) electrons. The van der Waals surface area contributed by atoms with E-state index < -0.39 is 0 Å². The quantitative estimate of drug-likeness (QED) is 0.496. The van der Waals surface area contributed by atoms with Gasteiger partial charge in [0.2, 0.25) is 0 Å². The summed E-state index contributed by atoms with van der Waals surface area (Å²) in [7, 11) is 0. The lowest BCUT2D eigenvalue weighted by Gasteiger charge is -1.97. The maximum atomic E-state index is 10.3. The zero-order valence-electron chi connectivity index (χ0n) is 11.8. The average Bonchev–Trinajstić information content (AvgIpc) is 2.38. The number of hydrogen-bond donors (Lipinski definition) is 0. The van der Waals surface area contributed by atoms with Crippen molar-refractivity contribution in [3.8, 4) is 0 Å². The molecule has 1 aliphatic rings. The fourth-order valence-corrected chi connectivity index (χ4v) is 1.65. The van der Waals surface area contributed by atoms with Gasteiger partial charge in [0.25, 0.3) is 0 Å². The van der Waals surface area contributed by atoms with Crippen LogP contribution >= 0.6 is 0 Å². The molecule has 0 unspecified atom stereocenters. The van der Waals surface area contributed by atoms with Crippen LogP contribution in [0.2, 0.25) is 0 Å². The van der Waals surface area contributed by atoms with Gasteiger partial charge in [0.15, 0.2) is 11.6 Å². The van der Waals surface area contributed by atoms with Crippen molar-refractivity contribution < 1.29 is 9.59 Å². The Hall–Kier alpha value is -1.18. The van der Waals surface area contributed by atoms with Crippen LogP contribution < -0.4 is 0 Å². The molecule has 1 rings (SSSR count). The molecule has 0 spiro atoms. The van der Waals surface area contributed by atoms with Gasteiger partial charge in [-0.15, -0.1) is 0 Å². The Balaban J connectivity index is 0.000000327. The Morgan fingerprint density at radius 2 is 0.889 bits per heavy atom. The molecule has 0 heterocycles. The third kappa shape index (κ3) is 11.3. The minimum atomic E-state index is -0.121. The smallest absolute Gasteiger partial charge is 0.178 e. The van der Waals surface area contributed by atoms with E-state index in [2.05, 4.69) is 13.8 Å². The second-order valence-corrected chi connectivity index (χ2v) is 4.59. The number of allylic oxidation sites excluding steroid dienone is 4. The van der Waals surface area contributed by atoms with Crippen molar-refractivity contribution in [1.29, 1.82) is 0 Å². The van der Waals surface area contributed by atoms with E-state index in [-0.39, 0.29) is 11.6 Å². The Morgan fingerprint density at radius 3 is 1.17 bits per heavy atom. The van der Waals surface area contributed by atoms with Gasteiger partial charge in [-0.1, -0.05) is 65.2 Å². The number of carbonyl (C=O) groups is 2. The van der Waals surface area contributed by atoms with Gasteiger partial charge >= 0.3 is 0 Å². The highest BCUT2D eigenvalue weighted by molar-refractivity contribution is 6.14. The van der Waals surface area contributed by atoms with Crippen LogP contribution in [-0.4, -0.2) is 11.6 Å². The summed E-state index contributed by atoms with van der Waals surface area (Å²) < 4.78 is 0. The zero-order valence-corrected chi connectivity index (χ0v) is 11.8. The first kappa shape index (κ1) is 16.8. The highest BCUT2D eigenvalue weighted by Gasteiger charge is 1.97. The second kappa shape index (κ2) is 12.3. The maximum Gasteiger partial charge on any atom is 0.178 e. The molecule has 2 heteroatoms. The normalized spacial score (nSPS) is 13.4. The molecule has 0 fully saturated rings. The molecule has 0 aliphatic heterocycles. The van der Waals surface area contributed by atoms with E-state index in [0.717, 1.165) is 0 Å². The topological polar surface area (TPSA) is 34.1 Å². The zero-order chi connectivity index (χ0) is 13.6. The molecule has 0 atom stereocenters. The Kier molecular flexibility index (Phi) is 11.5. The third-order valence-electron chi connectivity index (χ3n) is 2.78. The van der Waals surface area contributed by atoms with E-state index in [4.69, 9.17) is 0 Å². The first-order chi connectivity index (χ1) is 8.70. The summed E-state index contributed by atoms with van der Waals surface area (Å²) in [6, 6.07) is 0. The van der Waals surface area contributed by atoms with Gasteiger partial charge in [0.1, 0.15) is 0 Å². The Bertz CT molecular complexity index is 241. The van der Waals surface area contributed by atoms with E-state index in [1.807, 2.05) is 0 Å². The summed E-state index contributed by atoms with van der Waals surface area (Å²) in [4.78, 5) is 20.6. The van der Waals surface area contributed by atoms with Gasteiger partial charge in [0, 0.05) is 0 Å². The first-order valence-electron chi connectivity index (χ1n) is 7.14. The van der Waals surface area contributed by atoms with Crippen LogP contribution in [0.15, 0.2) is 24.3 Å². The molecule has 0 N–H and O–H groups in total. The molecule has 102 valence electrons. The molecule has 0 amide bonds. The van der Waals surface area contributed by atoms with Crippen molar-refractivity contribution in [3.05, 3.63) is 24.3 Å². The fraction of sp³-hybridized carbons (Fsp3) is 0.625. The summed E-state index contributed by atoms with van der Waals surface area (Å²) in [6.07, 6.45) is 16.5. The molecule has 0 aromatic rings. The summed E-state index contributed by atoms with van der Waals surface area (Å²) in [5, 5.41) is 0. The van der Waals surface area contributed by atoms with E-state index in [9.17, 15) is 9.59 Å². The summed E-state index contributed by atoms with van der Waals surface area (Å²) in [5.41, 5.74) is 0. The standard InChI is InChI=1S/C10H22.C6H4O2/c1-3-5-7-9-10-8-6-4-2;7-5-1-2-6(8)4-3-5/h3-10H2,1-2H3;1-4H. The van der Waals surface area contributed by atoms with Crippen molar-refractivity contribution in [3.63, 3.8) is 0 Å². The van der Waals surface area contributed by atoms with Crippen LogP contribution in [0.3, 0.4) is 0 Å². The summed E-state index contributed by atoms with van der Waals surface area (Å²) in [6.45, 7) is 4.54. The van der Waals surface area contributed by atoms with Gasteiger partial charge in [-0.05, 0) is 24.3 Å². The molecular formula is C16H26O2. The molecule has 0 saturated heterocycles. The van der Waals surface area contributed by atoms with Crippen molar-refractivity contribution in [2.45, 2.75) is 65.2 Å². The molecule has 0 saturated carbocycles.